The van der Waals surface area contributed by atoms with Gasteiger partial charge in [0.1, 0.15) is 5.75 Å². The van der Waals surface area contributed by atoms with Crippen LogP contribution in [0.2, 0.25) is 5.02 Å². The molecule has 0 radical (unpaired) electrons. The van der Waals surface area contributed by atoms with Gasteiger partial charge in [-0.05, 0) is 66.9 Å². The Bertz CT molecular complexity index is 837. The number of ether oxygens (including phenoxy) is 1. The largest absolute Gasteiger partial charge is 0.497 e. The number of hydrogen-bond acceptors (Lipinski definition) is 2. The van der Waals surface area contributed by atoms with Gasteiger partial charge < -0.3 is 10.1 Å². The molecule has 0 fully saturated rings. The number of carbonyl (C=O) groups excluding carboxylic acids is 1. The summed E-state index contributed by atoms with van der Waals surface area (Å²) in [6.07, 6.45) is -1.67. The molecule has 2 aromatic carbocycles. The number of halogens is 4. The van der Waals surface area contributed by atoms with Gasteiger partial charge in [-0.3, -0.25) is 4.79 Å². The van der Waals surface area contributed by atoms with Crippen molar-refractivity contribution in [3.05, 3.63) is 63.7 Å². The van der Waals surface area contributed by atoms with Gasteiger partial charge in [-0.1, -0.05) is 11.6 Å². The van der Waals surface area contributed by atoms with Crippen LogP contribution in [0, 0.1) is 13.8 Å². The highest BCUT2D eigenvalue weighted by molar-refractivity contribution is 6.33. The summed E-state index contributed by atoms with van der Waals surface area (Å²) in [5.74, 6) is 0.123. The van der Waals surface area contributed by atoms with E-state index in [1.165, 1.54) is 6.08 Å². The van der Waals surface area contributed by atoms with Crippen LogP contribution in [0.1, 0.15) is 22.3 Å². The molecule has 0 unspecified atom stereocenters. The normalized spacial score (nSPS) is 11.7. The molecule has 0 aromatic heterocycles. The summed E-state index contributed by atoms with van der Waals surface area (Å²) in [5.41, 5.74) is 1.66. The zero-order chi connectivity index (χ0) is 19.5. The summed E-state index contributed by atoms with van der Waals surface area (Å²) in [5, 5.41) is 2.40. The second-order valence-corrected chi connectivity index (χ2v) is 6.10. The Balaban J connectivity index is 2.21. The predicted octanol–water partition coefficient (Wildman–Crippen LogP) is 5.64. The summed E-state index contributed by atoms with van der Waals surface area (Å²) in [6, 6.07) is 6.42. The van der Waals surface area contributed by atoms with Crippen LogP contribution in [0.5, 0.6) is 5.75 Å². The van der Waals surface area contributed by atoms with Crippen LogP contribution in [0.4, 0.5) is 18.9 Å². The van der Waals surface area contributed by atoms with E-state index in [1.54, 1.807) is 13.2 Å². The summed E-state index contributed by atoms with van der Waals surface area (Å²) in [6.45, 7) is 3.74. The number of carbonyl (C=O) groups is 1. The lowest BCUT2D eigenvalue weighted by Crippen LogP contribution is -2.11. The molecular formula is C19H17ClF3NO2. The highest BCUT2D eigenvalue weighted by atomic mass is 35.5. The molecule has 3 nitrogen and oxygen atoms in total. The van der Waals surface area contributed by atoms with Crippen molar-refractivity contribution in [2.75, 3.05) is 12.4 Å². The molecule has 2 rings (SSSR count). The lowest BCUT2D eigenvalue weighted by Gasteiger charge is -2.11. The van der Waals surface area contributed by atoms with Crippen LogP contribution >= 0.6 is 11.6 Å². The van der Waals surface area contributed by atoms with Gasteiger partial charge in [0.15, 0.2) is 0 Å². The molecule has 0 atom stereocenters. The van der Waals surface area contributed by atoms with Crippen LogP contribution in [0.15, 0.2) is 36.4 Å². The molecular weight excluding hydrogens is 367 g/mol. The molecule has 2 aromatic rings. The monoisotopic (exact) mass is 383 g/mol. The molecule has 0 aliphatic rings. The minimum Gasteiger partial charge on any atom is -0.497 e. The van der Waals surface area contributed by atoms with Gasteiger partial charge in [0.05, 0.1) is 23.4 Å². The second kappa shape index (κ2) is 7.83. The highest BCUT2D eigenvalue weighted by Gasteiger charge is 2.31. The molecule has 1 N–H and O–H groups in total. The van der Waals surface area contributed by atoms with E-state index in [0.717, 1.165) is 34.9 Å². The summed E-state index contributed by atoms with van der Waals surface area (Å²) < 4.78 is 43.5. The number of alkyl halides is 3. The maximum absolute atomic E-state index is 12.8. The van der Waals surface area contributed by atoms with Crippen molar-refractivity contribution < 1.29 is 22.7 Å². The maximum atomic E-state index is 12.8. The topological polar surface area (TPSA) is 38.3 Å². The first-order chi connectivity index (χ1) is 12.1. The molecule has 0 saturated heterocycles. The summed E-state index contributed by atoms with van der Waals surface area (Å²) in [4.78, 5) is 12.1. The first-order valence-electron chi connectivity index (χ1n) is 7.63. The van der Waals surface area contributed by atoms with Gasteiger partial charge in [-0.15, -0.1) is 0 Å². The van der Waals surface area contributed by atoms with Gasteiger partial charge >= 0.3 is 6.18 Å². The van der Waals surface area contributed by atoms with Crippen molar-refractivity contribution in [1.29, 1.82) is 0 Å². The van der Waals surface area contributed by atoms with E-state index in [4.69, 9.17) is 16.3 Å². The Labute approximate surface area is 154 Å². The molecule has 1 amide bonds. The molecule has 0 spiro atoms. The van der Waals surface area contributed by atoms with Crippen molar-refractivity contribution in [3.63, 3.8) is 0 Å². The van der Waals surface area contributed by atoms with Crippen molar-refractivity contribution in [3.8, 4) is 5.75 Å². The van der Waals surface area contributed by atoms with Crippen molar-refractivity contribution in [1.82, 2.24) is 0 Å². The number of benzene rings is 2. The average molecular weight is 384 g/mol. The van der Waals surface area contributed by atoms with Crippen LogP contribution in [-0.4, -0.2) is 13.0 Å². The fraction of sp³-hybridized carbons (Fsp3) is 0.211. The number of anilines is 1. The van der Waals surface area contributed by atoms with E-state index in [0.29, 0.717) is 5.75 Å². The first-order valence-corrected chi connectivity index (χ1v) is 8.00. The number of nitrogens with one attached hydrogen (secondary N) is 1. The summed E-state index contributed by atoms with van der Waals surface area (Å²) >= 11 is 5.87. The van der Waals surface area contributed by atoms with E-state index in [-0.39, 0.29) is 10.7 Å². The molecule has 0 heterocycles. The molecule has 26 heavy (non-hydrogen) atoms. The third kappa shape index (κ3) is 4.79. The Hall–Kier alpha value is -2.47. The second-order valence-electron chi connectivity index (χ2n) is 5.69. The van der Waals surface area contributed by atoms with Crippen molar-refractivity contribution in [2.45, 2.75) is 20.0 Å². The lowest BCUT2D eigenvalue weighted by molar-refractivity contribution is -0.137. The maximum Gasteiger partial charge on any atom is 0.416 e. The Morgan fingerprint density at radius 2 is 1.77 bits per heavy atom. The van der Waals surface area contributed by atoms with Crippen molar-refractivity contribution in [2.24, 2.45) is 0 Å². The zero-order valence-electron chi connectivity index (χ0n) is 14.4. The quantitative estimate of drug-likeness (QED) is 0.694. The van der Waals surface area contributed by atoms with E-state index in [2.05, 4.69) is 5.32 Å². The van der Waals surface area contributed by atoms with Gasteiger partial charge in [-0.2, -0.15) is 13.2 Å². The van der Waals surface area contributed by atoms with Gasteiger partial charge in [0.25, 0.3) is 0 Å². The lowest BCUT2D eigenvalue weighted by atomic mass is 10.0. The molecule has 0 bridgehead atoms. The molecule has 0 saturated carbocycles. The summed E-state index contributed by atoms with van der Waals surface area (Å²) in [7, 11) is 1.57. The van der Waals surface area contributed by atoms with E-state index < -0.39 is 17.6 Å². The predicted molar refractivity (Wildman–Crippen MR) is 96.6 cm³/mol. The van der Waals surface area contributed by atoms with Crippen molar-refractivity contribution >= 4 is 29.3 Å². The molecule has 0 aliphatic heterocycles. The first kappa shape index (κ1) is 19.8. The number of amides is 1. The minimum atomic E-state index is -4.52. The minimum absolute atomic E-state index is 0.0246. The Kier molecular flexibility index (Phi) is 5.97. The Morgan fingerprint density at radius 3 is 2.31 bits per heavy atom. The average Bonchev–Trinajstić information content (AvgIpc) is 2.54. The highest BCUT2D eigenvalue weighted by Crippen LogP contribution is 2.33. The zero-order valence-corrected chi connectivity index (χ0v) is 15.1. The van der Waals surface area contributed by atoms with Crippen LogP contribution < -0.4 is 10.1 Å². The fourth-order valence-corrected chi connectivity index (χ4v) is 2.61. The van der Waals surface area contributed by atoms with Crippen LogP contribution in [0.25, 0.3) is 6.08 Å². The SMILES string of the molecule is COc1cc(C)c(/C=C/C(=O)Nc2cc(C(F)(F)F)ccc2Cl)c(C)c1. The molecule has 0 aliphatic carbocycles. The molecule has 7 heteroatoms. The standard InChI is InChI=1S/C19H17ClF3NO2/c1-11-8-14(26-3)9-12(2)15(11)5-7-18(25)24-17-10-13(19(21,22)23)4-6-16(17)20/h4-10H,1-3H3,(H,24,25)/b7-5+. The van der Waals surface area contributed by atoms with Gasteiger partial charge in [-0.25, -0.2) is 0 Å². The third-order valence-corrected chi connectivity index (χ3v) is 4.09. The van der Waals surface area contributed by atoms with E-state index >= 15 is 0 Å². The van der Waals surface area contributed by atoms with Gasteiger partial charge in [0, 0.05) is 6.08 Å². The van der Waals surface area contributed by atoms with Crippen LogP contribution in [-0.2, 0) is 11.0 Å². The van der Waals surface area contributed by atoms with Crippen LogP contribution in [0.3, 0.4) is 0 Å². The Morgan fingerprint density at radius 1 is 1.15 bits per heavy atom. The fourth-order valence-electron chi connectivity index (χ4n) is 2.45. The number of rotatable bonds is 4. The smallest absolute Gasteiger partial charge is 0.416 e. The number of aryl methyl sites for hydroxylation is 2. The van der Waals surface area contributed by atoms with E-state index in [9.17, 15) is 18.0 Å². The number of hydrogen-bond donors (Lipinski definition) is 1. The van der Waals surface area contributed by atoms with E-state index in [1.807, 2.05) is 26.0 Å². The molecule has 138 valence electrons. The third-order valence-electron chi connectivity index (χ3n) is 3.76. The van der Waals surface area contributed by atoms with Gasteiger partial charge in [0.2, 0.25) is 5.91 Å². The number of methoxy groups -OCH3 is 1.